The van der Waals surface area contributed by atoms with Gasteiger partial charge in [-0.3, -0.25) is 4.98 Å². The van der Waals surface area contributed by atoms with Crippen molar-refractivity contribution in [2.45, 2.75) is 13.0 Å². The van der Waals surface area contributed by atoms with Crippen molar-refractivity contribution in [3.8, 4) is 0 Å². The van der Waals surface area contributed by atoms with Crippen molar-refractivity contribution in [3.63, 3.8) is 0 Å². The molecule has 0 spiro atoms. The van der Waals surface area contributed by atoms with E-state index in [0.29, 0.717) is 0 Å². The Labute approximate surface area is 126 Å². The lowest BCUT2D eigenvalue weighted by atomic mass is 9.96. The molecular weight excluding hydrogens is 314 g/mol. The lowest BCUT2D eigenvalue weighted by molar-refractivity contribution is 0.222. The molecule has 0 fully saturated rings. The summed E-state index contributed by atoms with van der Waals surface area (Å²) >= 11 is 3.51. The third kappa shape index (κ3) is 2.35. The molecule has 1 aromatic heterocycles. The van der Waals surface area contributed by atoms with Crippen LogP contribution in [0.4, 0.5) is 0 Å². The highest BCUT2D eigenvalue weighted by molar-refractivity contribution is 9.10. The largest absolute Gasteiger partial charge is 0.384 e. The summed E-state index contributed by atoms with van der Waals surface area (Å²) in [5, 5.41) is 12.7. The second-order valence-electron chi connectivity index (χ2n) is 4.86. The van der Waals surface area contributed by atoms with E-state index < -0.39 is 6.10 Å². The zero-order valence-electron chi connectivity index (χ0n) is 11.0. The van der Waals surface area contributed by atoms with Gasteiger partial charge < -0.3 is 5.11 Å². The van der Waals surface area contributed by atoms with E-state index in [9.17, 15) is 5.11 Å². The first kappa shape index (κ1) is 13.3. The molecule has 20 heavy (non-hydrogen) atoms. The van der Waals surface area contributed by atoms with Crippen molar-refractivity contribution in [3.05, 3.63) is 76.0 Å². The molecule has 0 saturated heterocycles. The molecule has 1 atom stereocenters. The minimum Gasteiger partial charge on any atom is -0.384 e. The molecule has 1 unspecified atom stereocenters. The number of benzene rings is 2. The summed E-state index contributed by atoms with van der Waals surface area (Å²) in [6, 6.07) is 13.8. The van der Waals surface area contributed by atoms with Gasteiger partial charge in [0.1, 0.15) is 6.10 Å². The predicted octanol–water partition coefficient (Wildman–Crippen LogP) is 4.39. The number of rotatable bonds is 2. The number of pyridine rings is 1. The Balaban J connectivity index is 2.12. The molecule has 1 N–H and O–H groups in total. The van der Waals surface area contributed by atoms with Crippen molar-refractivity contribution in [1.82, 2.24) is 4.98 Å². The zero-order valence-corrected chi connectivity index (χ0v) is 12.6. The van der Waals surface area contributed by atoms with Crippen LogP contribution in [-0.2, 0) is 0 Å². The van der Waals surface area contributed by atoms with Crippen LogP contribution in [0.2, 0.25) is 0 Å². The Morgan fingerprint density at radius 2 is 2.00 bits per heavy atom. The van der Waals surface area contributed by atoms with Gasteiger partial charge in [0.25, 0.3) is 0 Å². The maximum Gasteiger partial charge on any atom is 0.105 e. The fourth-order valence-corrected chi connectivity index (χ4v) is 2.73. The fraction of sp³-hybridized carbons (Fsp3) is 0.118. The zero-order chi connectivity index (χ0) is 14.1. The molecule has 2 aromatic carbocycles. The number of aliphatic hydroxyl groups is 1. The van der Waals surface area contributed by atoms with E-state index in [2.05, 4.69) is 20.9 Å². The Bertz CT molecular complexity index is 765. The molecule has 0 aliphatic carbocycles. The second-order valence-corrected chi connectivity index (χ2v) is 5.71. The highest BCUT2D eigenvalue weighted by atomic mass is 79.9. The van der Waals surface area contributed by atoms with Gasteiger partial charge in [-0.1, -0.05) is 46.3 Å². The molecule has 0 bridgehead atoms. The van der Waals surface area contributed by atoms with Crippen molar-refractivity contribution >= 4 is 26.7 Å². The maximum atomic E-state index is 10.7. The second kappa shape index (κ2) is 5.35. The van der Waals surface area contributed by atoms with Crippen molar-refractivity contribution in [2.75, 3.05) is 0 Å². The highest BCUT2D eigenvalue weighted by Gasteiger charge is 2.14. The molecule has 3 aromatic rings. The SMILES string of the molecule is Cc1ccc(C(O)c2cccc3ccncc23)cc1Br. The van der Waals surface area contributed by atoms with Crippen LogP contribution < -0.4 is 0 Å². The number of aryl methyl sites for hydroxylation is 1. The van der Waals surface area contributed by atoms with Gasteiger partial charge in [0.15, 0.2) is 0 Å². The lowest BCUT2D eigenvalue weighted by Crippen LogP contribution is -2.01. The maximum absolute atomic E-state index is 10.7. The summed E-state index contributed by atoms with van der Waals surface area (Å²) < 4.78 is 1.01. The molecule has 0 radical (unpaired) electrons. The molecule has 2 nitrogen and oxygen atoms in total. The Kier molecular flexibility index (Phi) is 3.55. The van der Waals surface area contributed by atoms with E-state index >= 15 is 0 Å². The van der Waals surface area contributed by atoms with Gasteiger partial charge in [0.05, 0.1) is 0 Å². The highest BCUT2D eigenvalue weighted by Crippen LogP contribution is 2.30. The van der Waals surface area contributed by atoms with E-state index in [1.165, 1.54) is 0 Å². The van der Waals surface area contributed by atoms with Crippen LogP contribution >= 0.6 is 15.9 Å². The Morgan fingerprint density at radius 3 is 2.80 bits per heavy atom. The van der Waals surface area contributed by atoms with E-state index in [1.54, 1.807) is 12.4 Å². The first-order chi connectivity index (χ1) is 9.66. The molecular formula is C17H14BrNO. The van der Waals surface area contributed by atoms with Crippen LogP contribution in [0.15, 0.2) is 59.3 Å². The number of fused-ring (bicyclic) bond motifs is 1. The summed E-state index contributed by atoms with van der Waals surface area (Å²) in [6.45, 7) is 2.03. The summed E-state index contributed by atoms with van der Waals surface area (Å²) in [4.78, 5) is 4.16. The lowest BCUT2D eigenvalue weighted by Gasteiger charge is -2.15. The smallest absolute Gasteiger partial charge is 0.105 e. The number of hydrogen-bond donors (Lipinski definition) is 1. The fourth-order valence-electron chi connectivity index (χ4n) is 2.33. The van der Waals surface area contributed by atoms with Crippen LogP contribution in [-0.4, -0.2) is 10.1 Å². The summed E-state index contributed by atoms with van der Waals surface area (Å²) in [5.41, 5.74) is 2.91. The van der Waals surface area contributed by atoms with Crippen molar-refractivity contribution in [2.24, 2.45) is 0 Å². The first-order valence-electron chi connectivity index (χ1n) is 6.43. The topological polar surface area (TPSA) is 33.1 Å². The monoisotopic (exact) mass is 327 g/mol. The van der Waals surface area contributed by atoms with Crippen LogP contribution in [0, 0.1) is 6.92 Å². The minimum atomic E-state index is -0.653. The Morgan fingerprint density at radius 1 is 1.15 bits per heavy atom. The number of aromatic nitrogens is 1. The van der Waals surface area contributed by atoms with Crippen LogP contribution in [0.1, 0.15) is 22.8 Å². The molecule has 0 saturated carbocycles. The molecule has 0 aliphatic rings. The van der Waals surface area contributed by atoms with Gasteiger partial charge in [-0.2, -0.15) is 0 Å². The van der Waals surface area contributed by atoms with Crippen LogP contribution in [0.5, 0.6) is 0 Å². The van der Waals surface area contributed by atoms with Crippen LogP contribution in [0.3, 0.4) is 0 Å². The van der Waals surface area contributed by atoms with E-state index in [0.717, 1.165) is 31.9 Å². The summed E-state index contributed by atoms with van der Waals surface area (Å²) in [6.07, 6.45) is 2.91. The number of halogens is 1. The van der Waals surface area contributed by atoms with Gasteiger partial charge in [0, 0.05) is 22.3 Å². The normalized spacial score (nSPS) is 12.6. The van der Waals surface area contributed by atoms with E-state index in [-0.39, 0.29) is 0 Å². The van der Waals surface area contributed by atoms with Gasteiger partial charge in [-0.15, -0.1) is 0 Å². The van der Waals surface area contributed by atoms with E-state index in [1.807, 2.05) is 49.4 Å². The van der Waals surface area contributed by atoms with Gasteiger partial charge in [0.2, 0.25) is 0 Å². The third-order valence-corrected chi connectivity index (χ3v) is 4.38. The van der Waals surface area contributed by atoms with Gasteiger partial charge >= 0.3 is 0 Å². The molecule has 3 heteroatoms. The average Bonchev–Trinajstić information content (AvgIpc) is 2.49. The number of nitrogens with zero attached hydrogens (tertiary/aromatic N) is 1. The number of hydrogen-bond acceptors (Lipinski definition) is 2. The van der Waals surface area contributed by atoms with Crippen molar-refractivity contribution in [1.29, 1.82) is 0 Å². The quantitative estimate of drug-likeness (QED) is 0.757. The summed E-state index contributed by atoms with van der Waals surface area (Å²) in [7, 11) is 0. The Hall–Kier alpha value is -1.71. The molecule has 100 valence electrons. The summed E-state index contributed by atoms with van der Waals surface area (Å²) in [5.74, 6) is 0. The molecule has 0 amide bonds. The standard InChI is InChI=1S/C17H14BrNO/c1-11-5-6-13(9-16(11)18)17(20)14-4-2-3-12-7-8-19-10-15(12)14/h2-10,17,20H,1H3. The van der Waals surface area contributed by atoms with Gasteiger partial charge in [-0.25, -0.2) is 0 Å². The van der Waals surface area contributed by atoms with Crippen LogP contribution in [0.25, 0.3) is 10.8 Å². The molecule has 3 rings (SSSR count). The molecule has 0 aliphatic heterocycles. The van der Waals surface area contributed by atoms with E-state index in [4.69, 9.17) is 0 Å². The minimum absolute atomic E-state index is 0.653. The average molecular weight is 328 g/mol. The third-order valence-electron chi connectivity index (χ3n) is 3.52. The number of aliphatic hydroxyl groups excluding tert-OH is 1. The predicted molar refractivity (Wildman–Crippen MR) is 84.7 cm³/mol. The van der Waals surface area contributed by atoms with Crippen molar-refractivity contribution < 1.29 is 5.11 Å². The first-order valence-corrected chi connectivity index (χ1v) is 7.23. The molecule has 1 heterocycles. The van der Waals surface area contributed by atoms with Gasteiger partial charge in [-0.05, 0) is 41.1 Å².